The predicted octanol–water partition coefficient (Wildman–Crippen LogP) is 4.89. The van der Waals surface area contributed by atoms with Gasteiger partial charge in [0.2, 0.25) is 5.91 Å². The average Bonchev–Trinajstić information content (AvgIpc) is 3.82. The SMILES string of the molecule is CC(C)[C@H](N)C(=O)N1CCCC1C1=NC2c3ccc(-c4ccc(-c5cnc([C@@H]6CCCN6)[nH]5)cc4)cc3CCCC2N1. The summed E-state index contributed by atoms with van der Waals surface area (Å²) in [5.41, 5.74) is 13.7. The Bertz CT molecular complexity index is 1470. The summed E-state index contributed by atoms with van der Waals surface area (Å²) in [5, 5.41) is 7.28. The number of nitrogens with one attached hydrogen (secondary N) is 3. The second kappa shape index (κ2) is 11.3. The van der Waals surface area contributed by atoms with Crippen molar-refractivity contribution in [2.45, 2.75) is 89.0 Å². The first-order chi connectivity index (χ1) is 20.5. The van der Waals surface area contributed by atoms with Gasteiger partial charge in [0.15, 0.2) is 0 Å². The van der Waals surface area contributed by atoms with E-state index >= 15 is 0 Å². The number of H-pyrrole nitrogens is 1. The lowest BCUT2D eigenvalue weighted by Crippen LogP contribution is -2.52. The topological polar surface area (TPSA) is 111 Å². The Morgan fingerprint density at radius 1 is 1.00 bits per heavy atom. The molecule has 0 spiro atoms. The van der Waals surface area contributed by atoms with Gasteiger partial charge in [0.05, 0.1) is 42.1 Å². The van der Waals surface area contributed by atoms with Crippen LogP contribution in [-0.4, -0.2) is 57.8 Å². The van der Waals surface area contributed by atoms with Crippen LogP contribution in [0.4, 0.5) is 0 Å². The Morgan fingerprint density at radius 2 is 1.81 bits per heavy atom. The number of hydrogen-bond acceptors (Lipinski definition) is 6. The molecule has 0 bridgehead atoms. The maximum atomic E-state index is 13.2. The highest BCUT2D eigenvalue weighted by atomic mass is 16.2. The van der Waals surface area contributed by atoms with Gasteiger partial charge < -0.3 is 26.3 Å². The van der Waals surface area contributed by atoms with Crippen LogP contribution in [0.15, 0.2) is 53.7 Å². The summed E-state index contributed by atoms with van der Waals surface area (Å²) in [7, 11) is 0. The van der Waals surface area contributed by atoms with E-state index in [9.17, 15) is 4.79 Å². The van der Waals surface area contributed by atoms with Crippen LogP contribution in [0, 0.1) is 5.92 Å². The van der Waals surface area contributed by atoms with E-state index in [0.717, 1.165) is 74.5 Å². The van der Waals surface area contributed by atoms with Gasteiger partial charge in [-0.25, -0.2) is 4.98 Å². The number of aromatic nitrogens is 2. The normalized spacial score (nSPS) is 26.0. The molecule has 4 heterocycles. The second-order valence-electron chi connectivity index (χ2n) is 12.9. The van der Waals surface area contributed by atoms with E-state index in [-0.39, 0.29) is 30.0 Å². The third-order valence-corrected chi connectivity index (χ3v) is 9.79. The van der Waals surface area contributed by atoms with Crippen LogP contribution in [0.1, 0.15) is 81.4 Å². The molecule has 5 atom stereocenters. The number of fused-ring (bicyclic) bond motifs is 3. The molecule has 1 aliphatic carbocycles. The quantitative estimate of drug-likeness (QED) is 0.340. The van der Waals surface area contributed by atoms with Crippen LogP contribution in [0.5, 0.6) is 0 Å². The van der Waals surface area contributed by atoms with Crippen molar-refractivity contribution in [1.29, 1.82) is 0 Å². The lowest BCUT2D eigenvalue weighted by molar-refractivity contribution is -0.133. The van der Waals surface area contributed by atoms with Gasteiger partial charge >= 0.3 is 0 Å². The molecule has 220 valence electrons. The Kier molecular flexibility index (Phi) is 7.36. The molecule has 8 nitrogen and oxygen atoms in total. The summed E-state index contributed by atoms with van der Waals surface area (Å²) in [6.07, 6.45) is 9.49. The minimum absolute atomic E-state index is 0.0100. The Morgan fingerprint density at radius 3 is 2.60 bits per heavy atom. The standard InChI is InChI=1S/C34H43N7O/c1-20(2)30(35)34(42)41-17-5-9-29(41)33-38-26-7-3-6-24-18-23(14-15-25(24)31(26)40-33)21-10-12-22(13-11-21)28-19-37-32(39-28)27-8-4-16-36-27/h10-15,18-20,26-27,29-31,36H,3-9,16-17,35H2,1-2H3,(H,37,39)(H,38,40)/t26?,27-,29?,30-,31?/m0/s1. The van der Waals surface area contributed by atoms with Gasteiger partial charge in [-0.15, -0.1) is 0 Å². The molecular weight excluding hydrogens is 522 g/mol. The summed E-state index contributed by atoms with van der Waals surface area (Å²) in [6.45, 7) is 5.85. The van der Waals surface area contributed by atoms with Crippen molar-refractivity contribution in [1.82, 2.24) is 25.5 Å². The summed E-state index contributed by atoms with van der Waals surface area (Å²) < 4.78 is 0. The van der Waals surface area contributed by atoms with E-state index < -0.39 is 6.04 Å². The highest BCUT2D eigenvalue weighted by Crippen LogP contribution is 2.38. The molecule has 2 fully saturated rings. The van der Waals surface area contributed by atoms with Gasteiger partial charge in [-0.3, -0.25) is 9.79 Å². The molecule has 8 heteroatoms. The van der Waals surface area contributed by atoms with Crippen molar-refractivity contribution in [2.75, 3.05) is 13.1 Å². The molecule has 0 radical (unpaired) electrons. The number of amides is 1. The molecule has 5 N–H and O–H groups in total. The maximum absolute atomic E-state index is 13.2. The number of rotatable bonds is 6. The largest absolute Gasteiger partial charge is 0.367 e. The Hall–Kier alpha value is -3.49. The maximum Gasteiger partial charge on any atom is 0.240 e. The number of carbonyl (C=O) groups is 1. The summed E-state index contributed by atoms with van der Waals surface area (Å²) in [4.78, 5) is 28.6. The van der Waals surface area contributed by atoms with Crippen molar-refractivity contribution in [3.05, 3.63) is 65.6 Å². The summed E-state index contributed by atoms with van der Waals surface area (Å²) >= 11 is 0. The number of carbonyl (C=O) groups excluding carboxylic acids is 1. The summed E-state index contributed by atoms with van der Waals surface area (Å²) in [5.74, 6) is 2.19. The van der Waals surface area contributed by atoms with Crippen molar-refractivity contribution >= 4 is 11.7 Å². The van der Waals surface area contributed by atoms with Gasteiger partial charge in [-0.2, -0.15) is 0 Å². The zero-order chi connectivity index (χ0) is 28.8. The highest BCUT2D eigenvalue weighted by molar-refractivity contribution is 5.95. The molecule has 2 aromatic carbocycles. The lowest BCUT2D eigenvalue weighted by Gasteiger charge is -2.29. The van der Waals surface area contributed by atoms with Crippen molar-refractivity contribution in [3.8, 4) is 22.4 Å². The van der Waals surface area contributed by atoms with Crippen LogP contribution in [-0.2, 0) is 11.2 Å². The summed E-state index contributed by atoms with van der Waals surface area (Å²) in [6, 6.07) is 16.0. The van der Waals surface area contributed by atoms with E-state index in [0.29, 0.717) is 6.04 Å². The number of hydrogen-bond donors (Lipinski definition) is 4. The molecule has 3 aromatic rings. The van der Waals surface area contributed by atoms with Gasteiger partial charge in [0.1, 0.15) is 11.7 Å². The van der Waals surface area contributed by atoms with E-state index in [2.05, 4.69) is 63.1 Å². The fourth-order valence-corrected chi connectivity index (χ4v) is 7.26. The number of amidine groups is 1. The third kappa shape index (κ3) is 5.05. The zero-order valence-corrected chi connectivity index (χ0v) is 24.8. The number of nitrogens with zero attached hydrogens (tertiary/aromatic N) is 3. The van der Waals surface area contributed by atoms with Crippen LogP contribution in [0.2, 0.25) is 0 Å². The average molecular weight is 566 g/mol. The van der Waals surface area contributed by atoms with Gasteiger partial charge in [0.25, 0.3) is 0 Å². The smallest absolute Gasteiger partial charge is 0.240 e. The molecule has 1 amide bonds. The van der Waals surface area contributed by atoms with Crippen LogP contribution in [0.3, 0.4) is 0 Å². The van der Waals surface area contributed by atoms with Gasteiger partial charge in [-0.05, 0) is 85.2 Å². The van der Waals surface area contributed by atoms with Crippen molar-refractivity contribution in [3.63, 3.8) is 0 Å². The molecule has 42 heavy (non-hydrogen) atoms. The van der Waals surface area contributed by atoms with Crippen molar-refractivity contribution < 1.29 is 4.79 Å². The lowest BCUT2D eigenvalue weighted by atomic mass is 9.93. The minimum Gasteiger partial charge on any atom is -0.367 e. The van der Waals surface area contributed by atoms with Gasteiger partial charge in [-0.1, -0.05) is 56.3 Å². The Balaban J connectivity index is 1.10. The van der Waals surface area contributed by atoms with Crippen LogP contribution < -0.4 is 16.4 Å². The molecule has 7 rings (SSSR count). The van der Waals surface area contributed by atoms with E-state index in [1.54, 1.807) is 0 Å². The molecule has 3 aliphatic heterocycles. The fraction of sp³-hybridized carbons (Fsp3) is 0.500. The number of imidazole rings is 1. The molecule has 4 aliphatic rings. The number of aromatic amines is 1. The molecule has 0 saturated carbocycles. The van der Waals surface area contributed by atoms with E-state index in [1.165, 1.54) is 28.7 Å². The molecule has 3 unspecified atom stereocenters. The van der Waals surface area contributed by atoms with Crippen molar-refractivity contribution in [2.24, 2.45) is 16.6 Å². The first-order valence-electron chi connectivity index (χ1n) is 15.9. The third-order valence-electron chi connectivity index (χ3n) is 9.79. The number of benzene rings is 2. The monoisotopic (exact) mass is 565 g/mol. The van der Waals surface area contributed by atoms with Gasteiger partial charge in [0, 0.05) is 6.54 Å². The zero-order valence-electron chi connectivity index (χ0n) is 24.8. The first kappa shape index (κ1) is 27.3. The van der Waals surface area contributed by atoms with E-state index in [1.807, 2.05) is 24.9 Å². The fourth-order valence-electron chi connectivity index (χ4n) is 7.26. The van der Waals surface area contributed by atoms with Crippen LogP contribution in [0.25, 0.3) is 22.4 Å². The number of likely N-dealkylation sites (tertiary alicyclic amines) is 1. The highest BCUT2D eigenvalue weighted by Gasteiger charge is 2.41. The molecular formula is C34H43N7O. The Labute approximate surface area is 248 Å². The van der Waals surface area contributed by atoms with Crippen LogP contribution >= 0.6 is 0 Å². The first-order valence-corrected chi connectivity index (χ1v) is 15.9. The second-order valence-corrected chi connectivity index (χ2v) is 12.9. The number of aliphatic imine (C=N–C) groups is 1. The predicted molar refractivity (Wildman–Crippen MR) is 167 cm³/mol. The molecule has 2 saturated heterocycles. The van der Waals surface area contributed by atoms with E-state index in [4.69, 9.17) is 10.7 Å². The number of nitrogens with two attached hydrogens (primary N) is 1. The number of aryl methyl sites for hydroxylation is 1. The minimum atomic E-state index is -0.461. The molecule has 1 aromatic heterocycles.